The summed E-state index contributed by atoms with van der Waals surface area (Å²) in [4.78, 5) is 12.3. The number of nitrogens with zero attached hydrogens (tertiary/aromatic N) is 2. The molecule has 0 aliphatic rings. The first-order valence-electron chi connectivity index (χ1n) is 7.45. The molecule has 0 aliphatic heterocycles. The van der Waals surface area contributed by atoms with E-state index in [0.717, 1.165) is 0 Å². The second-order valence-electron chi connectivity index (χ2n) is 5.94. The Hall–Kier alpha value is -1.81. The molecule has 0 saturated carbocycles. The molecule has 0 aliphatic carbocycles. The fourth-order valence-electron chi connectivity index (χ4n) is 2.64. The number of hydrogen-bond acceptors (Lipinski definition) is 2. The third-order valence-electron chi connectivity index (χ3n) is 3.97. The van der Waals surface area contributed by atoms with Crippen LogP contribution >= 0.6 is 0 Å². The summed E-state index contributed by atoms with van der Waals surface area (Å²) >= 11 is 0. The molecule has 0 saturated heterocycles. The minimum atomic E-state index is 0.0514. The van der Waals surface area contributed by atoms with Crippen molar-refractivity contribution in [2.75, 3.05) is 7.05 Å². The molecule has 0 spiro atoms. The molecule has 0 radical (unpaired) electrons. The first-order chi connectivity index (χ1) is 9.93. The lowest BCUT2D eigenvalue weighted by Gasteiger charge is -2.20. The van der Waals surface area contributed by atoms with Crippen LogP contribution in [-0.4, -0.2) is 16.2 Å². The van der Waals surface area contributed by atoms with Gasteiger partial charge >= 0.3 is 5.69 Å². The fraction of sp³-hybridized carbons (Fsp3) is 0.471. The zero-order valence-corrected chi connectivity index (χ0v) is 13.6. The minimum absolute atomic E-state index is 0.0514. The molecule has 0 bridgehead atoms. The molecular weight excluding hydrogens is 262 g/mol. The number of hydrogen-bond donors (Lipinski definition) is 1. The zero-order chi connectivity index (χ0) is 15.6. The fourth-order valence-corrected chi connectivity index (χ4v) is 2.64. The summed E-state index contributed by atoms with van der Waals surface area (Å²) in [7, 11) is 1.94. The monoisotopic (exact) mass is 287 g/mol. The van der Waals surface area contributed by atoms with Crippen LogP contribution < -0.4 is 11.0 Å². The van der Waals surface area contributed by atoms with Gasteiger partial charge in [-0.05, 0) is 45.9 Å². The van der Waals surface area contributed by atoms with Crippen molar-refractivity contribution in [3.05, 3.63) is 57.8 Å². The molecular formula is C17H25N3O. The van der Waals surface area contributed by atoms with Crippen LogP contribution in [-0.2, 0) is 6.54 Å². The standard InChI is InChI=1S/C17H25N3O/c1-12(2)20-9-8-19(17(20)21)11-16(18-5)15-10-13(3)6-7-14(15)4/h6-10,12,16,18H,11H2,1-5H3. The molecule has 1 atom stereocenters. The quantitative estimate of drug-likeness (QED) is 0.918. The van der Waals surface area contributed by atoms with E-state index in [4.69, 9.17) is 0 Å². The Labute approximate surface area is 126 Å². The Balaban J connectivity index is 2.32. The van der Waals surface area contributed by atoms with E-state index >= 15 is 0 Å². The van der Waals surface area contributed by atoms with Crippen LogP contribution in [0.1, 0.15) is 42.6 Å². The van der Waals surface area contributed by atoms with Crippen molar-refractivity contribution in [1.29, 1.82) is 0 Å². The smallest absolute Gasteiger partial charge is 0.312 e. The minimum Gasteiger partial charge on any atom is -0.312 e. The van der Waals surface area contributed by atoms with Crippen LogP contribution in [0, 0.1) is 13.8 Å². The lowest BCUT2D eigenvalue weighted by Crippen LogP contribution is -2.30. The van der Waals surface area contributed by atoms with E-state index in [9.17, 15) is 4.79 Å². The average Bonchev–Trinajstić information content (AvgIpc) is 2.80. The highest BCUT2D eigenvalue weighted by Crippen LogP contribution is 2.20. The van der Waals surface area contributed by atoms with Gasteiger partial charge in [0.25, 0.3) is 0 Å². The van der Waals surface area contributed by atoms with Gasteiger partial charge in [-0.1, -0.05) is 23.8 Å². The number of benzene rings is 1. The van der Waals surface area contributed by atoms with Crippen molar-refractivity contribution in [3.8, 4) is 0 Å². The molecule has 0 amide bonds. The van der Waals surface area contributed by atoms with Crippen molar-refractivity contribution in [2.24, 2.45) is 0 Å². The van der Waals surface area contributed by atoms with Crippen LogP contribution in [0.25, 0.3) is 0 Å². The van der Waals surface area contributed by atoms with E-state index in [1.807, 2.05) is 33.3 Å². The van der Waals surface area contributed by atoms with Gasteiger partial charge in [-0.25, -0.2) is 4.79 Å². The van der Waals surface area contributed by atoms with Gasteiger partial charge in [0.15, 0.2) is 0 Å². The molecule has 114 valence electrons. The highest BCUT2D eigenvalue weighted by molar-refractivity contribution is 5.33. The third kappa shape index (κ3) is 3.27. The summed E-state index contributed by atoms with van der Waals surface area (Å²) in [5.41, 5.74) is 3.79. The van der Waals surface area contributed by atoms with Gasteiger partial charge in [-0.3, -0.25) is 9.13 Å². The predicted octanol–water partition coefficient (Wildman–Crippen LogP) is 2.81. The van der Waals surface area contributed by atoms with Gasteiger partial charge in [0.1, 0.15) is 0 Å². The summed E-state index contributed by atoms with van der Waals surface area (Å²) in [6.45, 7) is 8.88. The predicted molar refractivity (Wildman–Crippen MR) is 86.8 cm³/mol. The Kier molecular flexibility index (Phi) is 4.68. The molecule has 1 unspecified atom stereocenters. The Morgan fingerprint density at radius 1 is 1.19 bits per heavy atom. The van der Waals surface area contributed by atoms with Crippen molar-refractivity contribution in [3.63, 3.8) is 0 Å². The van der Waals surface area contributed by atoms with Crippen LogP contribution in [0.3, 0.4) is 0 Å². The Bertz CT molecular complexity index is 667. The van der Waals surface area contributed by atoms with Crippen molar-refractivity contribution in [1.82, 2.24) is 14.5 Å². The van der Waals surface area contributed by atoms with E-state index in [1.165, 1.54) is 16.7 Å². The molecule has 0 fully saturated rings. The molecule has 1 N–H and O–H groups in total. The van der Waals surface area contributed by atoms with Crippen LogP contribution in [0.2, 0.25) is 0 Å². The SMILES string of the molecule is CNC(Cn1ccn(C(C)C)c1=O)c1cc(C)ccc1C. The Morgan fingerprint density at radius 2 is 1.90 bits per heavy atom. The second kappa shape index (κ2) is 6.31. The van der Waals surface area contributed by atoms with Crippen LogP contribution in [0.4, 0.5) is 0 Å². The molecule has 1 aromatic heterocycles. The van der Waals surface area contributed by atoms with E-state index in [0.29, 0.717) is 6.54 Å². The van der Waals surface area contributed by atoms with E-state index in [2.05, 4.69) is 37.4 Å². The van der Waals surface area contributed by atoms with Gasteiger partial charge in [0, 0.05) is 25.0 Å². The molecule has 1 heterocycles. The molecule has 4 nitrogen and oxygen atoms in total. The molecule has 2 aromatic rings. The maximum Gasteiger partial charge on any atom is 0.328 e. The highest BCUT2D eigenvalue weighted by atomic mass is 16.1. The summed E-state index contributed by atoms with van der Waals surface area (Å²) in [6.07, 6.45) is 3.74. The van der Waals surface area contributed by atoms with Crippen molar-refractivity contribution in [2.45, 2.75) is 46.3 Å². The average molecular weight is 287 g/mol. The van der Waals surface area contributed by atoms with E-state index < -0.39 is 0 Å². The first-order valence-corrected chi connectivity index (χ1v) is 7.45. The number of imidazole rings is 1. The van der Waals surface area contributed by atoms with Gasteiger partial charge in [-0.15, -0.1) is 0 Å². The van der Waals surface area contributed by atoms with Gasteiger partial charge in [-0.2, -0.15) is 0 Å². The highest BCUT2D eigenvalue weighted by Gasteiger charge is 2.15. The van der Waals surface area contributed by atoms with E-state index in [-0.39, 0.29) is 17.8 Å². The molecule has 2 rings (SSSR count). The Morgan fingerprint density at radius 3 is 2.48 bits per heavy atom. The maximum atomic E-state index is 12.3. The summed E-state index contributed by atoms with van der Waals surface area (Å²) in [6, 6.07) is 6.77. The third-order valence-corrected chi connectivity index (χ3v) is 3.97. The lowest BCUT2D eigenvalue weighted by atomic mass is 9.99. The number of nitrogens with one attached hydrogen (secondary N) is 1. The number of rotatable bonds is 5. The van der Waals surface area contributed by atoms with Crippen molar-refractivity contribution < 1.29 is 0 Å². The lowest BCUT2D eigenvalue weighted by molar-refractivity contribution is 0.474. The molecule has 4 heteroatoms. The topological polar surface area (TPSA) is 39.0 Å². The van der Waals surface area contributed by atoms with Crippen LogP contribution in [0.15, 0.2) is 35.4 Å². The summed E-state index contributed by atoms with van der Waals surface area (Å²) in [5.74, 6) is 0. The summed E-state index contributed by atoms with van der Waals surface area (Å²) in [5, 5.41) is 3.33. The van der Waals surface area contributed by atoms with Gasteiger partial charge in [0.2, 0.25) is 0 Å². The van der Waals surface area contributed by atoms with Gasteiger partial charge in [0.05, 0.1) is 6.04 Å². The van der Waals surface area contributed by atoms with E-state index in [1.54, 1.807) is 9.13 Å². The number of likely N-dealkylation sites (N-methyl/N-ethyl adjacent to an activating group) is 1. The van der Waals surface area contributed by atoms with Gasteiger partial charge < -0.3 is 5.32 Å². The molecule has 21 heavy (non-hydrogen) atoms. The number of aryl methyl sites for hydroxylation is 2. The maximum absolute atomic E-state index is 12.3. The first kappa shape index (κ1) is 15.6. The zero-order valence-electron chi connectivity index (χ0n) is 13.6. The van der Waals surface area contributed by atoms with Crippen molar-refractivity contribution >= 4 is 0 Å². The summed E-state index contributed by atoms with van der Waals surface area (Å²) < 4.78 is 3.54. The normalized spacial score (nSPS) is 12.9. The van der Waals surface area contributed by atoms with Crippen LogP contribution in [0.5, 0.6) is 0 Å². The largest absolute Gasteiger partial charge is 0.328 e. The second-order valence-corrected chi connectivity index (χ2v) is 5.94. The molecule has 1 aromatic carbocycles. The number of aromatic nitrogens is 2.